The minimum absolute atomic E-state index is 0.0176. The summed E-state index contributed by atoms with van der Waals surface area (Å²) in [4.78, 5) is 27.2. The molecule has 174 valence electrons. The van der Waals surface area contributed by atoms with Crippen LogP contribution in [0.15, 0.2) is 53.0 Å². The number of sulfonamides is 1. The molecule has 0 saturated carbocycles. The molecule has 0 spiro atoms. The van der Waals surface area contributed by atoms with E-state index < -0.39 is 34.3 Å². The molecule has 0 aromatic heterocycles. The van der Waals surface area contributed by atoms with Crippen LogP contribution in [0.4, 0.5) is 10.1 Å². The summed E-state index contributed by atoms with van der Waals surface area (Å²) in [5.41, 5.74) is 0.934. The molecule has 0 aliphatic rings. The van der Waals surface area contributed by atoms with Crippen LogP contribution in [0.2, 0.25) is 0 Å². The van der Waals surface area contributed by atoms with Gasteiger partial charge in [0.05, 0.1) is 11.9 Å². The van der Waals surface area contributed by atoms with Crippen molar-refractivity contribution >= 4 is 43.5 Å². The van der Waals surface area contributed by atoms with Gasteiger partial charge < -0.3 is 10.2 Å². The highest BCUT2D eigenvalue weighted by molar-refractivity contribution is 9.10. The number of nitrogens with one attached hydrogen (secondary N) is 1. The molecule has 0 unspecified atom stereocenters. The lowest BCUT2D eigenvalue weighted by atomic mass is 10.1. The number of anilines is 1. The van der Waals surface area contributed by atoms with Crippen molar-refractivity contribution in [1.29, 1.82) is 0 Å². The first kappa shape index (κ1) is 25.8. The third-order valence-electron chi connectivity index (χ3n) is 4.66. The summed E-state index contributed by atoms with van der Waals surface area (Å²) in [5, 5.41) is 2.76. The Morgan fingerprint density at radius 2 is 1.59 bits per heavy atom. The van der Waals surface area contributed by atoms with Crippen LogP contribution in [0.3, 0.4) is 0 Å². The zero-order valence-electron chi connectivity index (χ0n) is 18.4. The minimum Gasteiger partial charge on any atom is -0.352 e. The molecular weight excluding hydrogens is 501 g/mol. The molecule has 0 fully saturated rings. The highest BCUT2D eigenvalue weighted by Crippen LogP contribution is 2.21. The Morgan fingerprint density at radius 1 is 1.03 bits per heavy atom. The van der Waals surface area contributed by atoms with Crippen molar-refractivity contribution in [2.45, 2.75) is 39.4 Å². The van der Waals surface area contributed by atoms with Gasteiger partial charge in [-0.3, -0.25) is 13.9 Å². The van der Waals surface area contributed by atoms with Gasteiger partial charge in [0.1, 0.15) is 18.4 Å². The van der Waals surface area contributed by atoms with E-state index in [4.69, 9.17) is 0 Å². The molecular formula is C22H27BrFN3O4S. The van der Waals surface area contributed by atoms with Crippen LogP contribution in [-0.2, 0) is 26.2 Å². The number of rotatable bonds is 9. The number of nitrogens with zero attached hydrogens (tertiary/aromatic N) is 2. The van der Waals surface area contributed by atoms with Crippen molar-refractivity contribution in [3.05, 3.63) is 64.4 Å². The molecule has 0 aliphatic heterocycles. The molecule has 0 saturated heterocycles. The fraction of sp³-hybridized carbons (Fsp3) is 0.364. The Bertz CT molecular complexity index is 1040. The van der Waals surface area contributed by atoms with Crippen LogP contribution in [-0.4, -0.2) is 50.0 Å². The van der Waals surface area contributed by atoms with Gasteiger partial charge in [0.15, 0.2) is 0 Å². The number of benzene rings is 2. The van der Waals surface area contributed by atoms with Crippen molar-refractivity contribution < 1.29 is 22.4 Å². The van der Waals surface area contributed by atoms with Crippen molar-refractivity contribution in [2.75, 3.05) is 17.1 Å². The van der Waals surface area contributed by atoms with Gasteiger partial charge >= 0.3 is 0 Å². The molecule has 2 rings (SSSR count). The number of hydrogen-bond donors (Lipinski definition) is 1. The van der Waals surface area contributed by atoms with Crippen molar-refractivity contribution in [3.63, 3.8) is 0 Å². The Hall–Kier alpha value is -2.46. The largest absolute Gasteiger partial charge is 0.352 e. The van der Waals surface area contributed by atoms with Gasteiger partial charge in [-0.25, -0.2) is 12.8 Å². The number of hydrogen-bond acceptors (Lipinski definition) is 4. The summed E-state index contributed by atoms with van der Waals surface area (Å²) in [5.74, 6) is -1.35. The fourth-order valence-electron chi connectivity index (χ4n) is 3.00. The first-order valence-corrected chi connectivity index (χ1v) is 12.6. The van der Waals surface area contributed by atoms with Gasteiger partial charge in [-0.2, -0.15) is 0 Å². The lowest BCUT2D eigenvalue weighted by Gasteiger charge is -2.31. The SMILES string of the molecule is CC(C)NC(=O)[C@H](C)N(Cc1ccc(F)cc1)C(=O)CN(c1ccc(Br)cc1)S(C)(=O)=O. The number of amides is 2. The maximum atomic E-state index is 13.3. The molecule has 2 aromatic carbocycles. The molecule has 2 aromatic rings. The Labute approximate surface area is 196 Å². The average molecular weight is 528 g/mol. The van der Waals surface area contributed by atoms with E-state index in [1.54, 1.807) is 45.0 Å². The van der Waals surface area contributed by atoms with E-state index in [0.29, 0.717) is 11.3 Å². The smallest absolute Gasteiger partial charge is 0.244 e. The zero-order chi connectivity index (χ0) is 24.1. The molecule has 0 heterocycles. The van der Waals surface area contributed by atoms with E-state index in [9.17, 15) is 22.4 Å². The lowest BCUT2D eigenvalue weighted by Crippen LogP contribution is -2.52. The number of carbonyl (C=O) groups is 2. The van der Waals surface area contributed by atoms with E-state index in [0.717, 1.165) is 15.0 Å². The maximum Gasteiger partial charge on any atom is 0.244 e. The van der Waals surface area contributed by atoms with Gasteiger partial charge in [-0.05, 0) is 62.7 Å². The molecule has 7 nitrogen and oxygen atoms in total. The standard InChI is InChI=1S/C22H27BrFN3O4S/c1-15(2)25-22(29)16(3)26(13-17-5-9-19(24)10-6-17)21(28)14-27(32(4,30)31)20-11-7-18(23)8-12-20/h5-12,15-16H,13-14H2,1-4H3,(H,25,29)/t16-/m0/s1. The number of carbonyl (C=O) groups excluding carboxylic acids is 2. The molecule has 0 radical (unpaired) electrons. The Morgan fingerprint density at radius 3 is 2.09 bits per heavy atom. The topological polar surface area (TPSA) is 86.8 Å². The summed E-state index contributed by atoms with van der Waals surface area (Å²) >= 11 is 3.30. The van der Waals surface area contributed by atoms with E-state index in [1.807, 2.05) is 0 Å². The first-order chi connectivity index (χ1) is 14.9. The maximum absolute atomic E-state index is 13.3. The van der Waals surface area contributed by atoms with Crippen LogP contribution >= 0.6 is 15.9 Å². The van der Waals surface area contributed by atoms with Gasteiger partial charge in [-0.1, -0.05) is 28.1 Å². The van der Waals surface area contributed by atoms with Crippen LogP contribution < -0.4 is 9.62 Å². The van der Waals surface area contributed by atoms with Gasteiger partial charge in [0, 0.05) is 17.1 Å². The lowest BCUT2D eigenvalue weighted by molar-refractivity contribution is -0.139. The summed E-state index contributed by atoms with van der Waals surface area (Å²) in [6.45, 7) is 4.71. The van der Waals surface area contributed by atoms with Gasteiger partial charge in [0.2, 0.25) is 21.8 Å². The van der Waals surface area contributed by atoms with Crippen molar-refractivity contribution in [1.82, 2.24) is 10.2 Å². The van der Waals surface area contributed by atoms with E-state index in [-0.39, 0.29) is 18.5 Å². The van der Waals surface area contributed by atoms with Crippen LogP contribution in [0.1, 0.15) is 26.3 Å². The minimum atomic E-state index is -3.78. The van der Waals surface area contributed by atoms with E-state index >= 15 is 0 Å². The first-order valence-electron chi connectivity index (χ1n) is 9.96. The van der Waals surface area contributed by atoms with Gasteiger partial charge in [0.25, 0.3) is 0 Å². The van der Waals surface area contributed by atoms with Crippen LogP contribution in [0.5, 0.6) is 0 Å². The van der Waals surface area contributed by atoms with E-state index in [2.05, 4.69) is 21.2 Å². The monoisotopic (exact) mass is 527 g/mol. The molecule has 32 heavy (non-hydrogen) atoms. The zero-order valence-corrected chi connectivity index (χ0v) is 20.8. The molecule has 1 N–H and O–H groups in total. The highest BCUT2D eigenvalue weighted by Gasteiger charge is 2.30. The second-order valence-electron chi connectivity index (χ2n) is 7.73. The third-order valence-corrected chi connectivity index (χ3v) is 6.33. The summed E-state index contributed by atoms with van der Waals surface area (Å²) in [6, 6.07) is 11.1. The van der Waals surface area contributed by atoms with Crippen LogP contribution in [0, 0.1) is 5.82 Å². The quantitative estimate of drug-likeness (QED) is 0.542. The van der Waals surface area contributed by atoms with Crippen molar-refractivity contribution in [2.24, 2.45) is 0 Å². The molecule has 0 bridgehead atoms. The second-order valence-corrected chi connectivity index (χ2v) is 10.6. The Kier molecular flexibility index (Phi) is 8.80. The van der Waals surface area contributed by atoms with E-state index in [1.165, 1.54) is 29.2 Å². The fourth-order valence-corrected chi connectivity index (χ4v) is 4.11. The summed E-state index contributed by atoms with van der Waals surface area (Å²) in [6.07, 6.45) is 1.02. The predicted octanol–water partition coefficient (Wildman–Crippen LogP) is 3.30. The summed E-state index contributed by atoms with van der Waals surface area (Å²) in [7, 11) is -3.78. The van der Waals surface area contributed by atoms with Crippen LogP contribution in [0.25, 0.3) is 0 Å². The molecule has 2 amide bonds. The van der Waals surface area contributed by atoms with Crippen molar-refractivity contribution in [3.8, 4) is 0 Å². The molecule has 1 atom stereocenters. The predicted molar refractivity (Wildman–Crippen MR) is 126 cm³/mol. The molecule has 10 heteroatoms. The third kappa shape index (κ3) is 7.30. The molecule has 0 aliphatic carbocycles. The average Bonchev–Trinajstić information content (AvgIpc) is 2.70. The van der Waals surface area contributed by atoms with Gasteiger partial charge in [-0.15, -0.1) is 0 Å². The highest BCUT2D eigenvalue weighted by atomic mass is 79.9. The number of halogens is 2. The summed E-state index contributed by atoms with van der Waals surface area (Å²) < 4.78 is 40.0. The normalized spacial score (nSPS) is 12.3. The second kappa shape index (κ2) is 10.9. The Balaban J connectivity index is 2.36.